The van der Waals surface area contributed by atoms with Gasteiger partial charge < -0.3 is 4.74 Å². The highest BCUT2D eigenvalue weighted by molar-refractivity contribution is 5.60. The average Bonchev–Trinajstić information content (AvgIpc) is 3.36. The van der Waals surface area contributed by atoms with Gasteiger partial charge in [-0.05, 0) is 43.4 Å². The Kier molecular flexibility index (Phi) is 4.04. The molecule has 1 unspecified atom stereocenters. The summed E-state index contributed by atoms with van der Waals surface area (Å²) in [5.41, 5.74) is 1.85. The van der Waals surface area contributed by atoms with Crippen LogP contribution in [0.3, 0.4) is 0 Å². The van der Waals surface area contributed by atoms with Gasteiger partial charge in [-0.1, -0.05) is 25.5 Å². The van der Waals surface area contributed by atoms with Gasteiger partial charge in [-0.15, -0.1) is 15.3 Å². The quantitative estimate of drug-likeness (QED) is 0.556. The number of hydrogen-bond acceptors (Lipinski definition) is 6. The highest BCUT2D eigenvalue weighted by atomic mass is 19.1. The molecule has 0 saturated heterocycles. The average molecular weight is 393 g/mol. The summed E-state index contributed by atoms with van der Waals surface area (Å²) in [5.74, 6) is 1.03. The Morgan fingerprint density at radius 3 is 2.76 bits per heavy atom. The summed E-state index contributed by atoms with van der Waals surface area (Å²) < 4.78 is 22.1. The molecule has 29 heavy (non-hydrogen) atoms. The second kappa shape index (κ2) is 6.61. The van der Waals surface area contributed by atoms with Gasteiger partial charge in [-0.25, -0.2) is 9.37 Å². The van der Waals surface area contributed by atoms with E-state index in [1.54, 1.807) is 18.2 Å². The predicted molar refractivity (Wildman–Crippen MR) is 103 cm³/mol. The van der Waals surface area contributed by atoms with Crippen LogP contribution in [0.15, 0.2) is 36.7 Å². The molecule has 0 spiro atoms. The summed E-state index contributed by atoms with van der Waals surface area (Å²) in [7, 11) is 0. The molecule has 0 aliphatic heterocycles. The third kappa shape index (κ3) is 2.93. The zero-order valence-corrected chi connectivity index (χ0v) is 16.1. The highest BCUT2D eigenvalue weighted by Gasteiger charge is 2.38. The first-order valence-corrected chi connectivity index (χ1v) is 9.59. The monoisotopic (exact) mass is 393 g/mol. The van der Waals surface area contributed by atoms with E-state index in [1.807, 2.05) is 13.0 Å². The van der Waals surface area contributed by atoms with Crippen molar-refractivity contribution in [2.75, 3.05) is 0 Å². The maximum Gasteiger partial charge on any atom is 0.236 e. The van der Waals surface area contributed by atoms with Crippen molar-refractivity contribution in [3.63, 3.8) is 0 Å². The number of ether oxygens (including phenoxy) is 1. The van der Waals surface area contributed by atoms with Crippen molar-refractivity contribution >= 4 is 5.65 Å². The Morgan fingerprint density at radius 2 is 2.07 bits per heavy atom. The smallest absolute Gasteiger partial charge is 0.236 e. The number of rotatable bonds is 5. The fourth-order valence-corrected chi connectivity index (χ4v) is 3.76. The van der Waals surface area contributed by atoms with Crippen LogP contribution in [0.1, 0.15) is 50.6 Å². The molecule has 4 aromatic rings. The van der Waals surface area contributed by atoms with Crippen LogP contribution in [0.4, 0.5) is 4.39 Å². The minimum atomic E-state index is -0.379. The molecule has 1 aliphatic rings. The van der Waals surface area contributed by atoms with Gasteiger partial charge in [0.25, 0.3) is 0 Å². The van der Waals surface area contributed by atoms with Crippen LogP contribution < -0.4 is 4.74 Å². The minimum Gasteiger partial charge on any atom is -0.465 e. The summed E-state index contributed by atoms with van der Waals surface area (Å²) in [6, 6.07) is 8.40. The van der Waals surface area contributed by atoms with Gasteiger partial charge in [-0.3, -0.25) is 5.10 Å². The minimum absolute atomic E-state index is 0.0324. The zero-order chi connectivity index (χ0) is 20.0. The van der Waals surface area contributed by atoms with Crippen LogP contribution in [-0.2, 0) is 5.41 Å². The number of fused-ring (bicyclic) bond motifs is 1. The number of hydrogen-bond donors (Lipinski definition) is 1. The molecule has 1 aromatic carbocycles. The molecule has 3 aromatic heterocycles. The van der Waals surface area contributed by atoms with Gasteiger partial charge >= 0.3 is 0 Å². The number of nitrogens with zero attached hydrogens (tertiary/aromatic N) is 6. The van der Waals surface area contributed by atoms with E-state index in [0.717, 1.165) is 24.8 Å². The molecule has 1 aliphatic carbocycles. The summed E-state index contributed by atoms with van der Waals surface area (Å²) in [5, 5.41) is 19.8. The first kappa shape index (κ1) is 17.7. The molecule has 0 bridgehead atoms. The molecule has 3 heterocycles. The Morgan fingerprint density at radius 1 is 1.24 bits per heavy atom. The molecule has 148 valence electrons. The van der Waals surface area contributed by atoms with Gasteiger partial charge in [0.2, 0.25) is 5.88 Å². The third-order valence-corrected chi connectivity index (χ3v) is 5.69. The van der Waals surface area contributed by atoms with E-state index in [9.17, 15) is 4.39 Å². The van der Waals surface area contributed by atoms with E-state index in [4.69, 9.17) is 9.84 Å². The highest BCUT2D eigenvalue weighted by Crippen LogP contribution is 2.47. The van der Waals surface area contributed by atoms with E-state index in [-0.39, 0.29) is 17.3 Å². The summed E-state index contributed by atoms with van der Waals surface area (Å²) in [6.45, 7) is 4.08. The number of aromatic nitrogens is 7. The fraction of sp³-hybridized carbons (Fsp3) is 0.350. The predicted octanol–water partition coefficient (Wildman–Crippen LogP) is 3.63. The Labute approximate surface area is 166 Å². The lowest BCUT2D eigenvalue weighted by atomic mass is 9.66. The van der Waals surface area contributed by atoms with Crippen LogP contribution in [-0.4, -0.2) is 35.0 Å². The van der Waals surface area contributed by atoms with Crippen LogP contribution in [0.5, 0.6) is 5.88 Å². The maximum atomic E-state index is 14.4. The normalized spacial score (nSPS) is 16.5. The van der Waals surface area contributed by atoms with Crippen molar-refractivity contribution in [3.8, 4) is 17.3 Å². The molecular weight excluding hydrogens is 373 g/mol. The van der Waals surface area contributed by atoms with E-state index in [0.29, 0.717) is 28.7 Å². The van der Waals surface area contributed by atoms with Crippen molar-refractivity contribution in [2.24, 2.45) is 0 Å². The zero-order valence-electron chi connectivity index (χ0n) is 16.1. The number of H-pyrrole nitrogens is 1. The van der Waals surface area contributed by atoms with Crippen molar-refractivity contribution in [2.45, 2.75) is 44.6 Å². The number of halogens is 1. The van der Waals surface area contributed by atoms with Crippen LogP contribution in [0.2, 0.25) is 0 Å². The molecule has 1 N–H and O–H groups in total. The van der Waals surface area contributed by atoms with Crippen molar-refractivity contribution in [3.05, 3.63) is 53.9 Å². The number of nitrogens with one attached hydrogen (secondary N) is 1. The van der Waals surface area contributed by atoms with Crippen molar-refractivity contribution < 1.29 is 9.13 Å². The lowest BCUT2D eigenvalue weighted by Crippen LogP contribution is -2.31. The number of benzene rings is 1. The van der Waals surface area contributed by atoms with E-state index in [2.05, 4.69) is 32.3 Å². The molecular formula is C20H20FN7O. The van der Waals surface area contributed by atoms with Crippen LogP contribution in [0, 0.1) is 5.82 Å². The van der Waals surface area contributed by atoms with Gasteiger partial charge in [0.15, 0.2) is 23.4 Å². The molecule has 1 fully saturated rings. The molecule has 5 rings (SSSR count). The SMILES string of the molecule is CC(Oc1nn2c(-c3ccccc3F)nnc2cc1C1(C)CCC1)c1ncn[nH]1. The van der Waals surface area contributed by atoms with Gasteiger partial charge in [-0.2, -0.15) is 9.61 Å². The first-order chi connectivity index (χ1) is 14.0. The second-order valence-corrected chi connectivity index (χ2v) is 7.68. The summed E-state index contributed by atoms with van der Waals surface area (Å²) in [6.07, 6.45) is 4.32. The van der Waals surface area contributed by atoms with Gasteiger partial charge in [0, 0.05) is 5.56 Å². The summed E-state index contributed by atoms with van der Waals surface area (Å²) >= 11 is 0. The first-order valence-electron chi connectivity index (χ1n) is 9.59. The standard InChI is InChI=1S/C20H20FN7O/c1-12(17-22-11-23-25-17)29-19-14(20(2)8-5-9-20)10-16-24-26-18(28(16)27-19)13-6-3-4-7-15(13)21/h3-4,6-7,10-12H,5,8-9H2,1-2H3,(H,22,23,25). The maximum absolute atomic E-state index is 14.4. The van der Waals surface area contributed by atoms with Gasteiger partial charge in [0.1, 0.15) is 12.1 Å². The topological polar surface area (TPSA) is 93.9 Å². The molecule has 0 amide bonds. The summed E-state index contributed by atoms with van der Waals surface area (Å²) in [4.78, 5) is 4.17. The fourth-order valence-electron chi connectivity index (χ4n) is 3.76. The van der Waals surface area contributed by atoms with Crippen LogP contribution >= 0.6 is 0 Å². The van der Waals surface area contributed by atoms with Gasteiger partial charge in [0.05, 0.1) is 5.56 Å². The van der Waals surface area contributed by atoms with Crippen molar-refractivity contribution in [1.29, 1.82) is 0 Å². The lowest BCUT2D eigenvalue weighted by Gasteiger charge is -2.39. The van der Waals surface area contributed by atoms with E-state index >= 15 is 0 Å². The Balaban J connectivity index is 1.65. The Hall–Kier alpha value is -3.36. The molecule has 9 heteroatoms. The largest absolute Gasteiger partial charge is 0.465 e. The number of aromatic amines is 1. The van der Waals surface area contributed by atoms with Crippen molar-refractivity contribution in [1.82, 2.24) is 35.0 Å². The van der Waals surface area contributed by atoms with E-state index < -0.39 is 0 Å². The van der Waals surface area contributed by atoms with E-state index in [1.165, 1.54) is 16.9 Å². The van der Waals surface area contributed by atoms with Crippen LogP contribution in [0.25, 0.3) is 17.0 Å². The Bertz CT molecular complexity index is 1170. The molecule has 8 nitrogen and oxygen atoms in total. The molecule has 0 radical (unpaired) electrons. The third-order valence-electron chi connectivity index (χ3n) is 5.69. The molecule has 1 saturated carbocycles. The lowest BCUT2D eigenvalue weighted by molar-refractivity contribution is 0.187. The molecule has 1 atom stereocenters. The second-order valence-electron chi connectivity index (χ2n) is 7.68.